The second-order valence-corrected chi connectivity index (χ2v) is 3.36. The van der Waals surface area contributed by atoms with Crippen LogP contribution in [0.4, 0.5) is 0 Å². The molecule has 5 heteroatoms. The lowest BCUT2D eigenvalue weighted by atomic mass is 10.2. The van der Waals surface area contributed by atoms with E-state index in [4.69, 9.17) is 22.1 Å². The van der Waals surface area contributed by atoms with Gasteiger partial charge in [0.1, 0.15) is 5.75 Å². The van der Waals surface area contributed by atoms with Gasteiger partial charge in [0, 0.05) is 18.0 Å². The van der Waals surface area contributed by atoms with E-state index < -0.39 is 0 Å². The van der Waals surface area contributed by atoms with Crippen molar-refractivity contribution in [2.24, 2.45) is 5.73 Å². The highest BCUT2D eigenvalue weighted by Gasteiger charge is 2.05. The number of hydrogen-bond donors (Lipinski definition) is 1. The van der Waals surface area contributed by atoms with E-state index in [1.54, 1.807) is 7.11 Å². The minimum Gasteiger partial charge on any atom is -0.497 e. The molecule has 0 bridgehead atoms. The summed E-state index contributed by atoms with van der Waals surface area (Å²) in [4.78, 5) is 8.18. The van der Waals surface area contributed by atoms with Crippen molar-refractivity contribution in [3.05, 3.63) is 29.2 Å². The number of benzene rings is 1. The fourth-order valence-corrected chi connectivity index (χ4v) is 1.62. The maximum atomic E-state index is 5.78. The molecule has 0 fully saturated rings. The lowest BCUT2D eigenvalue weighted by molar-refractivity contribution is 0.415. The lowest BCUT2D eigenvalue weighted by Gasteiger charge is -2.05. The van der Waals surface area contributed by atoms with Crippen molar-refractivity contribution >= 4 is 22.5 Å². The van der Waals surface area contributed by atoms with Crippen LogP contribution in [0, 0.1) is 0 Å². The molecule has 0 aliphatic heterocycles. The van der Waals surface area contributed by atoms with Gasteiger partial charge in [0.25, 0.3) is 0 Å². The topological polar surface area (TPSA) is 61.0 Å². The molecular formula is C10H10ClN3O. The molecule has 0 unspecified atom stereocenters. The van der Waals surface area contributed by atoms with E-state index in [1.165, 1.54) is 0 Å². The van der Waals surface area contributed by atoms with Crippen LogP contribution < -0.4 is 10.5 Å². The standard InChI is InChI=1S/C10H10ClN3O/c1-15-6-2-3-7-8(4-6)13-10(11)14-9(7)5-12/h2-4H,5,12H2,1H3. The first kappa shape index (κ1) is 10.1. The number of methoxy groups -OCH3 is 1. The third-order valence-corrected chi connectivity index (χ3v) is 2.32. The van der Waals surface area contributed by atoms with E-state index in [1.807, 2.05) is 18.2 Å². The SMILES string of the molecule is COc1ccc2c(CN)nc(Cl)nc2c1. The van der Waals surface area contributed by atoms with Gasteiger partial charge >= 0.3 is 0 Å². The molecule has 0 spiro atoms. The van der Waals surface area contributed by atoms with Crippen molar-refractivity contribution in [1.82, 2.24) is 9.97 Å². The molecule has 0 aliphatic carbocycles. The normalized spacial score (nSPS) is 10.6. The summed E-state index contributed by atoms with van der Waals surface area (Å²) in [6.07, 6.45) is 0. The van der Waals surface area contributed by atoms with Crippen LogP contribution in [0.1, 0.15) is 5.69 Å². The highest BCUT2D eigenvalue weighted by atomic mass is 35.5. The molecule has 1 aromatic heterocycles. The molecule has 0 amide bonds. The van der Waals surface area contributed by atoms with Crippen molar-refractivity contribution < 1.29 is 4.74 Å². The average molecular weight is 224 g/mol. The van der Waals surface area contributed by atoms with Crippen molar-refractivity contribution in [3.8, 4) is 5.75 Å². The molecule has 2 rings (SSSR count). The van der Waals surface area contributed by atoms with Crippen LogP contribution in [-0.4, -0.2) is 17.1 Å². The number of ether oxygens (including phenoxy) is 1. The van der Waals surface area contributed by atoms with Crippen LogP contribution in [0.15, 0.2) is 18.2 Å². The Labute approximate surface area is 92.0 Å². The largest absolute Gasteiger partial charge is 0.497 e. The van der Waals surface area contributed by atoms with Gasteiger partial charge in [0.05, 0.1) is 18.3 Å². The molecular weight excluding hydrogens is 214 g/mol. The first-order valence-electron chi connectivity index (χ1n) is 4.45. The van der Waals surface area contributed by atoms with Crippen molar-refractivity contribution in [2.75, 3.05) is 7.11 Å². The third kappa shape index (κ3) is 1.86. The van der Waals surface area contributed by atoms with Crippen LogP contribution in [0.2, 0.25) is 5.28 Å². The molecule has 2 N–H and O–H groups in total. The number of nitrogens with zero attached hydrogens (tertiary/aromatic N) is 2. The van der Waals surface area contributed by atoms with Gasteiger partial charge in [-0.3, -0.25) is 0 Å². The van der Waals surface area contributed by atoms with Crippen LogP contribution in [0.25, 0.3) is 10.9 Å². The summed E-state index contributed by atoms with van der Waals surface area (Å²) in [6, 6.07) is 5.54. The van der Waals surface area contributed by atoms with Crippen LogP contribution in [0.3, 0.4) is 0 Å². The molecule has 0 saturated carbocycles. The summed E-state index contributed by atoms with van der Waals surface area (Å²) in [5.74, 6) is 0.736. The van der Waals surface area contributed by atoms with E-state index in [-0.39, 0.29) is 5.28 Å². The molecule has 15 heavy (non-hydrogen) atoms. The number of halogens is 1. The van der Waals surface area contributed by atoms with Crippen molar-refractivity contribution in [1.29, 1.82) is 0 Å². The zero-order chi connectivity index (χ0) is 10.8. The summed E-state index contributed by atoms with van der Waals surface area (Å²) in [5.41, 5.74) is 7.06. The summed E-state index contributed by atoms with van der Waals surface area (Å²) >= 11 is 5.78. The van der Waals surface area contributed by atoms with Gasteiger partial charge in [-0.15, -0.1) is 0 Å². The minimum atomic E-state index is 0.205. The first-order chi connectivity index (χ1) is 7.24. The van der Waals surface area contributed by atoms with Crippen molar-refractivity contribution in [3.63, 3.8) is 0 Å². The predicted octanol–water partition coefficient (Wildman–Crippen LogP) is 1.75. The lowest BCUT2D eigenvalue weighted by Crippen LogP contribution is -2.02. The Kier molecular flexibility index (Phi) is 2.70. The monoisotopic (exact) mass is 223 g/mol. The van der Waals surface area contributed by atoms with Crippen LogP contribution in [-0.2, 0) is 6.54 Å². The fraction of sp³-hybridized carbons (Fsp3) is 0.200. The highest BCUT2D eigenvalue weighted by Crippen LogP contribution is 2.22. The van der Waals surface area contributed by atoms with Gasteiger partial charge in [0.2, 0.25) is 5.28 Å². The zero-order valence-corrected chi connectivity index (χ0v) is 8.95. The summed E-state index contributed by atoms with van der Waals surface area (Å²) in [6.45, 7) is 0.338. The fourth-order valence-electron chi connectivity index (χ4n) is 1.43. The molecule has 78 valence electrons. The maximum absolute atomic E-state index is 5.78. The molecule has 0 saturated heterocycles. The van der Waals surface area contributed by atoms with E-state index in [2.05, 4.69) is 9.97 Å². The van der Waals surface area contributed by atoms with Gasteiger partial charge in [-0.25, -0.2) is 9.97 Å². The highest BCUT2D eigenvalue weighted by molar-refractivity contribution is 6.28. The zero-order valence-electron chi connectivity index (χ0n) is 8.20. The molecule has 0 atom stereocenters. The Morgan fingerprint density at radius 1 is 1.40 bits per heavy atom. The third-order valence-electron chi connectivity index (χ3n) is 2.15. The Morgan fingerprint density at radius 2 is 2.20 bits per heavy atom. The molecule has 1 heterocycles. The van der Waals surface area contributed by atoms with Gasteiger partial charge in [0.15, 0.2) is 0 Å². The van der Waals surface area contributed by atoms with Gasteiger partial charge in [-0.2, -0.15) is 0 Å². The number of nitrogens with two attached hydrogens (primary N) is 1. The van der Waals surface area contributed by atoms with E-state index in [9.17, 15) is 0 Å². The maximum Gasteiger partial charge on any atom is 0.223 e. The van der Waals surface area contributed by atoms with Crippen LogP contribution >= 0.6 is 11.6 Å². The molecule has 0 aliphatic rings. The Hall–Kier alpha value is -1.39. The van der Waals surface area contributed by atoms with E-state index in [0.29, 0.717) is 6.54 Å². The Bertz CT molecular complexity index is 501. The predicted molar refractivity (Wildman–Crippen MR) is 59.0 cm³/mol. The quantitative estimate of drug-likeness (QED) is 0.788. The molecule has 4 nitrogen and oxygen atoms in total. The van der Waals surface area contributed by atoms with Gasteiger partial charge in [-0.1, -0.05) is 0 Å². The van der Waals surface area contributed by atoms with E-state index >= 15 is 0 Å². The molecule has 2 aromatic rings. The number of aromatic nitrogens is 2. The van der Waals surface area contributed by atoms with Gasteiger partial charge in [-0.05, 0) is 23.7 Å². The second kappa shape index (κ2) is 4.00. The smallest absolute Gasteiger partial charge is 0.223 e. The Morgan fingerprint density at radius 3 is 2.87 bits per heavy atom. The van der Waals surface area contributed by atoms with E-state index in [0.717, 1.165) is 22.3 Å². The Balaban J connectivity index is 2.72. The molecule has 0 radical (unpaired) electrons. The average Bonchev–Trinajstić information content (AvgIpc) is 2.26. The summed E-state index contributed by atoms with van der Waals surface area (Å²) in [5, 5.41) is 1.11. The van der Waals surface area contributed by atoms with Crippen molar-refractivity contribution in [2.45, 2.75) is 6.54 Å². The number of rotatable bonds is 2. The van der Waals surface area contributed by atoms with Crippen LogP contribution in [0.5, 0.6) is 5.75 Å². The summed E-state index contributed by atoms with van der Waals surface area (Å²) in [7, 11) is 1.60. The number of hydrogen-bond acceptors (Lipinski definition) is 4. The first-order valence-corrected chi connectivity index (χ1v) is 4.82. The number of fused-ring (bicyclic) bond motifs is 1. The summed E-state index contributed by atoms with van der Waals surface area (Å²) < 4.78 is 5.10. The molecule has 1 aromatic carbocycles. The minimum absolute atomic E-state index is 0.205. The van der Waals surface area contributed by atoms with Gasteiger partial charge < -0.3 is 10.5 Å². The second-order valence-electron chi connectivity index (χ2n) is 3.03.